The van der Waals surface area contributed by atoms with Crippen LogP contribution in [-0.4, -0.2) is 64.3 Å². The van der Waals surface area contributed by atoms with Crippen molar-refractivity contribution in [3.63, 3.8) is 0 Å². The van der Waals surface area contributed by atoms with Crippen molar-refractivity contribution in [3.05, 3.63) is 59.6 Å². The van der Waals surface area contributed by atoms with Crippen molar-refractivity contribution in [2.75, 3.05) is 43.0 Å². The number of benzene rings is 2. The molecular formula is C24H27ClN6O3. The van der Waals surface area contributed by atoms with E-state index in [1.54, 1.807) is 40.2 Å². The van der Waals surface area contributed by atoms with Gasteiger partial charge >= 0.3 is 0 Å². The van der Waals surface area contributed by atoms with Crippen LogP contribution >= 0.6 is 11.6 Å². The summed E-state index contributed by atoms with van der Waals surface area (Å²) in [5, 5.41) is 7.78. The van der Waals surface area contributed by atoms with Crippen LogP contribution in [0.2, 0.25) is 5.02 Å². The number of anilines is 2. The molecule has 0 saturated carbocycles. The maximum atomic E-state index is 12.7. The lowest BCUT2D eigenvalue weighted by Crippen LogP contribution is -2.39. The van der Waals surface area contributed by atoms with Crippen molar-refractivity contribution < 1.29 is 14.3 Å². The maximum absolute atomic E-state index is 12.7. The van der Waals surface area contributed by atoms with Gasteiger partial charge in [0.15, 0.2) is 0 Å². The zero-order chi connectivity index (χ0) is 24.1. The first-order chi connectivity index (χ1) is 16.4. The van der Waals surface area contributed by atoms with Gasteiger partial charge in [0.25, 0.3) is 0 Å². The van der Waals surface area contributed by atoms with E-state index in [0.717, 1.165) is 11.4 Å². The van der Waals surface area contributed by atoms with Gasteiger partial charge in [0, 0.05) is 48.5 Å². The lowest BCUT2D eigenvalue weighted by molar-refractivity contribution is -0.133. The molecule has 0 radical (unpaired) electrons. The van der Waals surface area contributed by atoms with Crippen LogP contribution < -0.4 is 15.0 Å². The smallest absolute Gasteiger partial charge is 0.243 e. The van der Waals surface area contributed by atoms with Crippen LogP contribution in [0.1, 0.15) is 19.2 Å². The lowest BCUT2D eigenvalue weighted by atomic mass is 10.2. The van der Waals surface area contributed by atoms with Crippen molar-refractivity contribution in [3.8, 4) is 11.4 Å². The number of ether oxygens (including phenoxy) is 1. The molecule has 2 aromatic carbocycles. The van der Waals surface area contributed by atoms with Crippen molar-refractivity contribution in [2.45, 2.75) is 20.3 Å². The Balaban J connectivity index is 1.43. The van der Waals surface area contributed by atoms with Gasteiger partial charge in [0.2, 0.25) is 11.8 Å². The first kappa shape index (κ1) is 23.6. The highest BCUT2D eigenvalue weighted by atomic mass is 35.5. The molecule has 0 bridgehead atoms. The third-order valence-corrected chi connectivity index (χ3v) is 5.76. The third-order valence-electron chi connectivity index (χ3n) is 5.51. The average Bonchev–Trinajstić information content (AvgIpc) is 3.17. The topological polar surface area (TPSA) is 92.6 Å². The van der Waals surface area contributed by atoms with E-state index in [-0.39, 0.29) is 18.4 Å². The normalized spacial score (nSPS) is 14.1. The van der Waals surface area contributed by atoms with E-state index in [4.69, 9.17) is 16.3 Å². The molecule has 0 unspecified atom stereocenters. The van der Waals surface area contributed by atoms with Crippen LogP contribution in [0.4, 0.5) is 11.4 Å². The van der Waals surface area contributed by atoms with Gasteiger partial charge < -0.3 is 19.9 Å². The van der Waals surface area contributed by atoms with Crippen LogP contribution in [0.15, 0.2) is 48.8 Å². The number of nitrogens with zero attached hydrogens (tertiary/aromatic N) is 5. The monoisotopic (exact) mass is 482 g/mol. The largest absolute Gasteiger partial charge is 0.492 e. The summed E-state index contributed by atoms with van der Waals surface area (Å²) in [5.41, 5.74) is 2.39. The number of amides is 2. The predicted molar refractivity (Wildman–Crippen MR) is 131 cm³/mol. The first-order valence-corrected chi connectivity index (χ1v) is 11.5. The number of carbonyl (C=O) groups is 2. The molecule has 0 aliphatic carbocycles. The number of aryl methyl sites for hydroxylation is 1. The molecule has 1 aliphatic heterocycles. The van der Waals surface area contributed by atoms with Crippen molar-refractivity contribution in [1.29, 1.82) is 0 Å². The van der Waals surface area contributed by atoms with Gasteiger partial charge in [0.1, 0.15) is 23.6 Å². The van der Waals surface area contributed by atoms with Crippen molar-refractivity contribution in [2.24, 2.45) is 0 Å². The van der Waals surface area contributed by atoms with Gasteiger partial charge in [-0.25, -0.2) is 9.67 Å². The summed E-state index contributed by atoms with van der Waals surface area (Å²) >= 11 is 5.89. The molecule has 1 aliphatic rings. The van der Waals surface area contributed by atoms with Gasteiger partial charge in [-0.1, -0.05) is 11.6 Å². The molecule has 1 saturated heterocycles. The Morgan fingerprint density at radius 1 is 1.15 bits per heavy atom. The molecule has 4 rings (SSSR count). The Labute approximate surface area is 203 Å². The number of halogens is 1. The van der Waals surface area contributed by atoms with Crippen LogP contribution in [0, 0.1) is 6.92 Å². The van der Waals surface area contributed by atoms with Gasteiger partial charge in [0.05, 0.1) is 13.2 Å². The second kappa shape index (κ2) is 10.6. The van der Waals surface area contributed by atoms with Gasteiger partial charge in [-0.2, -0.15) is 5.10 Å². The summed E-state index contributed by atoms with van der Waals surface area (Å²) < 4.78 is 7.56. The van der Waals surface area contributed by atoms with E-state index in [1.165, 1.54) is 0 Å². The molecule has 178 valence electrons. The number of hydrogen-bond acceptors (Lipinski definition) is 6. The lowest BCUT2D eigenvalue weighted by Gasteiger charge is -2.24. The fourth-order valence-electron chi connectivity index (χ4n) is 3.82. The SMILES string of the molecule is CCOc1cc(N2CCC(=O)N(CC(=O)Nc3ccc(Cl)cc3)CC2)ccc1-n1cnc(C)n1. The number of aromatic nitrogens is 3. The fourth-order valence-corrected chi connectivity index (χ4v) is 3.95. The molecule has 10 heteroatoms. The Morgan fingerprint density at radius 3 is 2.65 bits per heavy atom. The number of rotatable bonds is 7. The van der Waals surface area contributed by atoms with E-state index in [2.05, 4.69) is 20.3 Å². The molecule has 34 heavy (non-hydrogen) atoms. The molecule has 2 amide bonds. The highest BCUT2D eigenvalue weighted by Gasteiger charge is 2.24. The Hall–Kier alpha value is -3.59. The minimum absolute atomic E-state index is 0.00405. The second-order valence-corrected chi connectivity index (χ2v) is 8.37. The van der Waals surface area contributed by atoms with Crippen LogP contribution in [0.3, 0.4) is 0 Å². The van der Waals surface area contributed by atoms with E-state index in [1.807, 2.05) is 32.0 Å². The van der Waals surface area contributed by atoms with Crippen LogP contribution in [0.5, 0.6) is 5.75 Å². The number of nitrogens with one attached hydrogen (secondary N) is 1. The zero-order valence-electron chi connectivity index (χ0n) is 19.2. The molecule has 1 N–H and O–H groups in total. The third kappa shape index (κ3) is 5.66. The highest BCUT2D eigenvalue weighted by molar-refractivity contribution is 6.30. The van der Waals surface area contributed by atoms with E-state index >= 15 is 0 Å². The molecule has 1 aromatic heterocycles. The summed E-state index contributed by atoms with van der Waals surface area (Å²) in [4.78, 5) is 33.1. The van der Waals surface area contributed by atoms with E-state index < -0.39 is 0 Å². The fraction of sp³-hybridized carbons (Fsp3) is 0.333. The molecule has 2 heterocycles. The summed E-state index contributed by atoms with van der Waals surface area (Å²) in [6, 6.07) is 12.8. The second-order valence-electron chi connectivity index (χ2n) is 7.93. The minimum Gasteiger partial charge on any atom is -0.492 e. The number of carbonyl (C=O) groups excluding carboxylic acids is 2. The minimum atomic E-state index is -0.241. The average molecular weight is 483 g/mol. The summed E-state index contributed by atoms with van der Waals surface area (Å²) in [6.07, 6.45) is 1.98. The molecular weight excluding hydrogens is 456 g/mol. The molecule has 9 nitrogen and oxygen atoms in total. The predicted octanol–water partition coefficient (Wildman–Crippen LogP) is 3.31. The Morgan fingerprint density at radius 2 is 1.94 bits per heavy atom. The first-order valence-electron chi connectivity index (χ1n) is 11.2. The Kier molecular flexibility index (Phi) is 7.32. The summed E-state index contributed by atoms with van der Waals surface area (Å²) in [5.74, 6) is 1.08. The number of hydrogen-bond donors (Lipinski definition) is 1. The van der Waals surface area contributed by atoms with Crippen molar-refractivity contribution >= 4 is 34.8 Å². The standard InChI is InChI=1S/C24H27ClN6O3/c1-3-34-22-14-20(8-9-21(22)31-16-26-17(2)28-31)29-11-10-24(33)30(13-12-29)15-23(32)27-19-6-4-18(25)5-7-19/h4-9,14,16H,3,10-13,15H2,1-2H3,(H,27,32). The van der Waals surface area contributed by atoms with Gasteiger partial charge in [-0.15, -0.1) is 0 Å². The zero-order valence-corrected chi connectivity index (χ0v) is 20.0. The summed E-state index contributed by atoms with van der Waals surface area (Å²) in [7, 11) is 0. The summed E-state index contributed by atoms with van der Waals surface area (Å²) in [6.45, 7) is 5.89. The van der Waals surface area contributed by atoms with Crippen LogP contribution in [0.25, 0.3) is 5.69 Å². The van der Waals surface area contributed by atoms with Gasteiger partial charge in [-0.3, -0.25) is 9.59 Å². The highest BCUT2D eigenvalue weighted by Crippen LogP contribution is 2.29. The van der Waals surface area contributed by atoms with E-state index in [9.17, 15) is 9.59 Å². The van der Waals surface area contributed by atoms with Crippen LogP contribution in [-0.2, 0) is 9.59 Å². The maximum Gasteiger partial charge on any atom is 0.243 e. The molecule has 1 fully saturated rings. The molecule has 0 spiro atoms. The Bertz CT molecular complexity index is 1160. The molecule has 0 atom stereocenters. The van der Waals surface area contributed by atoms with Crippen molar-refractivity contribution in [1.82, 2.24) is 19.7 Å². The van der Waals surface area contributed by atoms with E-state index in [0.29, 0.717) is 54.9 Å². The molecule has 3 aromatic rings. The van der Waals surface area contributed by atoms with Gasteiger partial charge in [-0.05, 0) is 50.2 Å². The quantitative estimate of drug-likeness (QED) is 0.555.